The number of hydrogen-bond acceptors (Lipinski definition) is 6. The molecule has 1 aliphatic rings. The highest BCUT2D eigenvalue weighted by Gasteiger charge is 2.30. The van der Waals surface area contributed by atoms with Crippen LogP contribution in [-0.2, 0) is 16.1 Å². The summed E-state index contributed by atoms with van der Waals surface area (Å²) in [4.78, 5) is 19.1. The van der Waals surface area contributed by atoms with Crippen LogP contribution in [0.25, 0.3) is 0 Å². The lowest BCUT2D eigenvalue weighted by atomic mass is 9.83. The summed E-state index contributed by atoms with van der Waals surface area (Å²) >= 11 is 12.3. The van der Waals surface area contributed by atoms with Gasteiger partial charge < -0.3 is 20.1 Å². The van der Waals surface area contributed by atoms with Gasteiger partial charge in [0.1, 0.15) is 11.3 Å². The fraction of sp³-hybridized carbons (Fsp3) is 0.450. The smallest absolute Gasteiger partial charge is 0.237 e. The summed E-state index contributed by atoms with van der Waals surface area (Å²) in [6.07, 6.45) is 3.49. The molecule has 9 heteroatoms. The molecule has 0 aliphatic heterocycles. The Labute approximate surface area is 180 Å². The number of hydrogen-bond donors (Lipinski definition) is 2. The third-order valence-corrected chi connectivity index (χ3v) is 5.20. The average Bonchev–Trinajstić information content (AvgIpc) is 2.67. The van der Waals surface area contributed by atoms with Gasteiger partial charge in [-0.05, 0) is 36.5 Å². The van der Waals surface area contributed by atoms with Crippen molar-refractivity contribution in [2.45, 2.75) is 32.4 Å². The van der Waals surface area contributed by atoms with Gasteiger partial charge in [-0.15, -0.1) is 0 Å². The zero-order valence-electron chi connectivity index (χ0n) is 16.2. The molecule has 0 bridgehead atoms. The molecule has 1 fully saturated rings. The molecule has 2 aromatic rings. The highest BCUT2D eigenvalue weighted by molar-refractivity contribution is 6.34. The maximum absolute atomic E-state index is 10.8. The van der Waals surface area contributed by atoms with E-state index >= 15 is 0 Å². The first-order valence-electron chi connectivity index (χ1n) is 9.49. The number of carbonyl (C=O) groups excluding carboxylic acids is 1. The summed E-state index contributed by atoms with van der Waals surface area (Å²) in [6, 6.07) is 7.55. The Kier molecular flexibility index (Phi) is 7.91. The summed E-state index contributed by atoms with van der Waals surface area (Å²) in [5.74, 6) is 1.25. The van der Waals surface area contributed by atoms with Gasteiger partial charge in [0.25, 0.3) is 0 Å². The van der Waals surface area contributed by atoms with E-state index in [1.807, 2.05) is 24.3 Å². The van der Waals surface area contributed by atoms with Crippen LogP contribution in [0, 0.1) is 5.92 Å². The van der Waals surface area contributed by atoms with E-state index < -0.39 is 0 Å². The molecule has 3 rings (SSSR count). The predicted molar refractivity (Wildman–Crippen MR) is 112 cm³/mol. The van der Waals surface area contributed by atoms with Gasteiger partial charge in [0.15, 0.2) is 5.82 Å². The SMILES string of the molecule is CC(=O)NCCOC1CC(COc2ncnc(NCc3ccc(Cl)cc3)c2Cl)C1. The lowest BCUT2D eigenvalue weighted by Crippen LogP contribution is -2.37. The number of benzene rings is 1. The number of rotatable bonds is 10. The van der Waals surface area contributed by atoms with Crippen LogP contribution in [0.15, 0.2) is 30.6 Å². The fourth-order valence-corrected chi connectivity index (χ4v) is 3.31. The zero-order valence-corrected chi connectivity index (χ0v) is 17.7. The lowest BCUT2D eigenvalue weighted by molar-refractivity contribution is -0.119. The van der Waals surface area contributed by atoms with Crippen molar-refractivity contribution in [3.8, 4) is 5.88 Å². The monoisotopic (exact) mass is 438 g/mol. The second kappa shape index (κ2) is 10.6. The molecule has 1 aromatic carbocycles. The van der Waals surface area contributed by atoms with Crippen LogP contribution in [0.4, 0.5) is 5.82 Å². The molecule has 29 heavy (non-hydrogen) atoms. The largest absolute Gasteiger partial charge is 0.476 e. The van der Waals surface area contributed by atoms with Crippen molar-refractivity contribution < 1.29 is 14.3 Å². The third kappa shape index (κ3) is 6.73. The highest BCUT2D eigenvalue weighted by atomic mass is 35.5. The van der Waals surface area contributed by atoms with Crippen LogP contribution < -0.4 is 15.4 Å². The molecule has 1 aromatic heterocycles. The van der Waals surface area contributed by atoms with E-state index in [1.165, 1.54) is 13.3 Å². The molecule has 1 aliphatic carbocycles. The van der Waals surface area contributed by atoms with E-state index in [0.29, 0.717) is 54.0 Å². The van der Waals surface area contributed by atoms with Crippen LogP contribution in [0.2, 0.25) is 10.0 Å². The normalized spacial score (nSPS) is 18.0. The number of nitrogens with zero attached hydrogens (tertiary/aromatic N) is 2. The van der Waals surface area contributed by atoms with Crippen molar-refractivity contribution in [2.75, 3.05) is 25.1 Å². The first kappa shape index (κ1) is 21.6. The Morgan fingerprint density at radius 2 is 1.97 bits per heavy atom. The zero-order chi connectivity index (χ0) is 20.6. The Balaban J connectivity index is 1.40. The summed E-state index contributed by atoms with van der Waals surface area (Å²) in [5.41, 5.74) is 1.06. The van der Waals surface area contributed by atoms with Crippen LogP contribution >= 0.6 is 23.2 Å². The number of nitrogens with one attached hydrogen (secondary N) is 2. The molecule has 2 N–H and O–H groups in total. The molecule has 1 amide bonds. The number of ether oxygens (including phenoxy) is 2. The summed E-state index contributed by atoms with van der Waals surface area (Å²) in [6.45, 7) is 3.65. The molecular weight excluding hydrogens is 415 g/mol. The van der Waals surface area contributed by atoms with E-state index in [9.17, 15) is 4.79 Å². The van der Waals surface area contributed by atoms with Crippen molar-refractivity contribution in [3.63, 3.8) is 0 Å². The quantitative estimate of drug-likeness (QED) is 0.549. The molecule has 0 unspecified atom stereocenters. The van der Waals surface area contributed by atoms with E-state index in [0.717, 1.165) is 18.4 Å². The van der Waals surface area contributed by atoms with Crippen molar-refractivity contribution in [1.82, 2.24) is 15.3 Å². The Hall–Kier alpha value is -2.09. The third-order valence-electron chi connectivity index (χ3n) is 4.61. The van der Waals surface area contributed by atoms with Crippen LogP contribution in [0.5, 0.6) is 5.88 Å². The fourth-order valence-electron chi connectivity index (χ4n) is 2.96. The number of halogens is 2. The molecule has 0 radical (unpaired) electrons. The van der Waals surface area contributed by atoms with Gasteiger partial charge in [0.2, 0.25) is 11.8 Å². The predicted octanol–water partition coefficient (Wildman–Crippen LogP) is 3.71. The summed E-state index contributed by atoms with van der Waals surface area (Å²) < 4.78 is 11.5. The van der Waals surface area contributed by atoms with Gasteiger partial charge >= 0.3 is 0 Å². The van der Waals surface area contributed by atoms with Gasteiger partial charge in [0.05, 0.1) is 19.3 Å². The number of amides is 1. The topological polar surface area (TPSA) is 85.4 Å². The summed E-state index contributed by atoms with van der Waals surface area (Å²) in [5, 5.41) is 6.96. The van der Waals surface area contributed by atoms with Gasteiger partial charge in [0, 0.05) is 25.0 Å². The van der Waals surface area contributed by atoms with E-state index in [2.05, 4.69) is 20.6 Å². The van der Waals surface area contributed by atoms with Crippen LogP contribution in [0.3, 0.4) is 0 Å². The van der Waals surface area contributed by atoms with Crippen molar-refractivity contribution in [2.24, 2.45) is 5.92 Å². The minimum Gasteiger partial charge on any atom is -0.476 e. The molecule has 1 saturated carbocycles. The standard InChI is InChI=1S/C20H24Cl2N4O3/c1-13(27)23-6-7-28-17-8-15(9-17)11-29-20-18(22)19(25-12-26-20)24-10-14-2-4-16(21)5-3-14/h2-5,12,15,17H,6-11H2,1H3,(H,23,27)(H,24,25,26). The van der Waals surface area contributed by atoms with Gasteiger partial charge in [-0.1, -0.05) is 35.3 Å². The van der Waals surface area contributed by atoms with Crippen molar-refractivity contribution in [3.05, 3.63) is 46.2 Å². The van der Waals surface area contributed by atoms with Crippen LogP contribution in [-0.4, -0.2) is 41.7 Å². The molecular formula is C20H24Cl2N4O3. The molecule has 0 atom stereocenters. The van der Waals surface area contributed by atoms with Gasteiger partial charge in [-0.25, -0.2) is 9.97 Å². The summed E-state index contributed by atoms with van der Waals surface area (Å²) in [7, 11) is 0. The van der Waals surface area contributed by atoms with E-state index in [-0.39, 0.29) is 12.0 Å². The average molecular weight is 439 g/mol. The Bertz CT molecular complexity index is 814. The number of carbonyl (C=O) groups is 1. The maximum Gasteiger partial charge on any atom is 0.237 e. The Morgan fingerprint density at radius 3 is 2.69 bits per heavy atom. The number of aromatic nitrogens is 2. The minimum absolute atomic E-state index is 0.0442. The Morgan fingerprint density at radius 1 is 1.21 bits per heavy atom. The van der Waals surface area contributed by atoms with Crippen molar-refractivity contribution in [1.29, 1.82) is 0 Å². The molecule has 0 saturated heterocycles. The second-order valence-corrected chi connectivity index (χ2v) is 7.76. The number of anilines is 1. The molecule has 156 valence electrons. The highest BCUT2D eigenvalue weighted by Crippen LogP contribution is 2.33. The second-order valence-electron chi connectivity index (χ2n) is 6.95. The van der Waals surface area contributed by atoms with Gasteiger partial charge in [-0.2, -0.15) is 0 Å². The minimum atomic E-state index is -0.0442. The van der Waals surface area contributed by atoms with Crippen LogP contribution in [0.1, 0.15) is 25.3 Å². The van der Waals surface area contributed by atoms with E-state index in [4.69, 9.17) is 32.7 Å². The molecule has 1 heterocycles. The first-order chi connectivity index (χ1) is 14.0. The van der Waals surface area contributed by atoms with E-state index in [1.54, 1.807) is 0 Å². The maximum atomic E-state index is 10.8. The molecule has 0 spiro atoms. The lowest BCUT2D eigenvalue weighted by Gasteiger charge is -2.34. The molecule has 7 nitrogen and oxygen atoms in total. The van der Waals surface area contributed by atoms with Gasteiger partial charge in [-0.3, -0.25) is 4.79 Å². The van der Waals surface area contributed by atoms with Crippen molar-refractivity contribution >= 4 is 34.9 Å². The first-order valence-corrected chi connectivity index (χ1v) is 10.2.